The maximum atomic E-state index is 13.0. The van der Waals surface area contributed by atoms with Crippen LogP contribution in [0.1, 0.15) is 213 Å². The Labute approximate surface area is 399 Å². The van der Waals surface area contributed by atoms with Crippen molar-refractivity contribution in [1.29, 1.82) is 0 Å². The normalized spacial score (nSPS) is 26.3. The first kappa shape index (κ1) is 60.9. The largest absolute Gasteiger partial charge is 0.457 e. The summed E-state index contributed by atoms with van der Waals surface area (Å²) < 4.78 is 34.3. The van der Waals surface area contributed by atoms with E-state index in [0.29, 0.717) is 13.0 Å². The highest BCUT2D eigenvalue weighted by Gasteiger charge is 2.47. The Morgan fingerprint density at radius 2 is 0.894 bits per heavy atom. The highest BCUT2D eigenvalue weighted by Crippen LogP contribution is 2.26. The molecule has 2 saturated heterocycles. The van der Waals surface area contributed by atoms with Crippen LogP contribution in [0, 0.1) is 0 Å². The van der Waals surface area contributed by atoms with Gasteiger partial charge in [0.15, 0.2) is 12.6 Å². The molecule has 2 aliphatic heterocycles. The van der Waals surface area contributed by atoms with Gasteiger partial charge in [-0.2, -0.15) is 0 Å². The number of hydrogen-bond acceptors (Lipinski definition) is 14. The minimum atomic E-state index is -1.70. The van der Waals surface area contributed by atoms with Gasteiger partial charge in [-0.05, 0) is 38.5 Å². The van der Waals surface area contributed by atoms with Crippen molar-refractivity contribution in [2.45, 2.75) is 280 Å². The topological polar surface area (TPSA) is 214 Å². The van der Waals surface area contributed by atoms with Crippen molar-refractivity contribution in [3.63, 3.8) is 0 Å². The van der Waals surface area contributed by atoms with Gasteiger partial charge in [-0.1, -0.05) is 180 Å². The molecule has 11 atom stereocenters. The van der Waals surface area contributed by atoms with Crippen molar-refractivity contribution in [2.24, 2.45) is 0 Å². The maximum absolute atomic E-state index is 13.0. The molecule has 0 saturated carbocycles. The molecule has 390 valence electrons. The number of aliphatic hydroxyl groups excluding tert-OH is 7. The maximum Gasteiger partial charge on any atom is 0.306 e. The summed E-state index contributed by atoms with van der Waals surface area (Å²) in [5.74, 6) is -0.377. The Hall–Kier alpha value is -1.27. The van der Waals surface area contributed by atoms with Gasteiger partial charge < -0.3 is 64.2 Å². The van der Waals surface area contributed by atoms with Crippen LogP contribution in [0.25, 0.3) is 0 Å². The smallest absolute Gasteiger partial charge is 0.306 e. The molecule has 14 nitrogen and oxygen atoms in total. The second-order valence-corrected chi connectivity index (χ2v) is 19.1. The summed E-state index contributed by atoms with van der Waals surface area (Å²) in [4.78, 5) is 13.0. The van der Waals surface area contributed by atoms with Crippen molar-refractivity contribution in [1.82, 2.24) is 0 Å². The number of aliphatic hydroxyl groups is 7. The van der Waals surface area contributed by atoms with E-state index in [2.05, 4.69) is 26.0 Å². The van der Waals surface area contributed by atoms with E-state index >= 15 is 0 Å². The Balaban J connectivity index is 1.75. The molecule has 0 aliphatic carbocycles. The minimum Gasteiger partial charge on any atom is -0.457 e. The summed E-state index contributed by atoms with van der Waals surface area (Å²) in [6, 6.07) is 0. The van der Waals surface area contributed by atoms with E-state index in [1.807, 2.05) is 0 Å². The third-order valence-corrected chi connectivity index (χ3v) is 13.0. The number of rotatable bonds is 43. The first-order valence-corrected chi connectivity index (χ1v) is 26.8. The first-order valence-electron chi connectivity index (χ1n) is 26.8. The van der Waals surface area contributed by atoms with Crippen molar-refractivity contribution >= 4 is 5.97 Å². The fraction of sp³-hybridized carbons (Fsp3) is 0.942. The molecular formula is C52H98O14. The van der Waals surface area contributed by atoms with Crippen molar-refractivity contribution in [3.8, 4) is 0 Å². The number of hydrogen-bond donors (Lipinski definition) is 7. The van der Waals surface area contributed by atoms with Gasteiger partial charge in [-0.15, -0.1) is 0 Å². The number of carbonyl (C=O) groups excluding carboxylic acids is 1. The highest BCUT2D eigenvalue weighted by atomic mass is 16.7. The van der Waals surface area contributed by atoms with Crippen LogP contribution in [0.3, 0.4) is 0 Å². The van der Waals surface area contributed by atoms with Crippen LogP contribution < -0.4 is 0 Å². The third-order valence-electron chi connectivity index (χ3n) is 13.0. The fourth-order valence-corrected chi connectivity index (χ4v) is 8.63. The molecule has 0 aromatic rings. The van der Waals surface area contributed by atoms with E-state index < -0.39 is 80.7 Å². The van der Waals surface area contributed by atoms with Crippen molar-refractivity contribution < 1.29 is 69.0 Å². The molecular weight excluding hydrogens is 849 g/mol. The van der Waals surface area contributed by atoms with Gasteiger partial charge in [0.05, 0.1) is 26.4 Å². The highest BCUT2D eigenvalue weighted by molar-refractivity contribution is 5.69. The molecule has 2 aliphatic rings. The number of esters is 1. The summed E-state index contributed by atoms with van der Waals surface area (Å²) in [6.07, 6.45) is 25.5. The molecule has 0 bridgehead atoms. The van der Waals surface area contributed by atoms with E-state index in [9.17, 15) is 40.5 Å². The Morgan fingerprint density at radius 1 is 0.485 bits per heavy atom. The predicted octanol–water partition coefficient (Wildman–Crippen LogP) is 8.24. The number of carbonyl (C=O) groups is 1. The molecule has 11 unspecified atom stereocenters. The summed E-state index contributed by atoms with van der Waals surface area (Å²) in [7, 11) is 0. The first-order chi connectivity index (χ1) is 32.1. The molecule has 0 amide bonds. The number of ether oxygens (including phenoxy) is 6. The zero-order valence-electron chi connectivity index (χ0n) is 41.4. The van der Waals surface area contributed by atoms with E-state index in [-0.39, 0.29) is 25.6 Å². The predicted molar refractivity (Wildman–Crippen MR) is 257 cm³/mol. The molecule has 0 radical (unpaired) electrons. The lowest BCUT2D eigenvalue weighted by molar-refractivity contribution is -0.332. The molecule has 2 rings (SSSR count). The van der Waals surface area contributed by atoms with Gasteiger partial charge in [0.2, 0.25) is 0 Å². The van der Waals surface area contributed by atoms with Gasteiger partial charge >= 0.3 is 5.97 Å². The molecule has 0 aromatic carbocycles. The van der Waals surface area contributed by atoms with Crippen LogP contribution in [-0.4, -0.2) is 142 Å². The third kappa shape index (κ3) is 27.8. The van der Waals surface area contributed by atoms with Gasteiger partial charge in [0.1, 0.15) is 54.9 Å². The van der Waals surface area contributed by atoms with Gasteiger partial charge in [0.25, 0.3) is 0 Å². The monoisotopic (exact) mass is 947 g/mol. The quantitative estimate of drug-likeness (QED) is 0.0174. The number of unbranched alkanes of at least 4 members (excludes halogenated alkanes) is 27. The fourth-order valence-electron chi connectivity index (χ4n) is 8.63. The Morgan fingerprint density at radius 3 is 1.38 bits per heavy atom. The average Bonchev–Trinajstić information content (AvgIpc) is 3.31. The minimum absolute atomic E-state index is 0.0657. The van der Waals surface area contributed by atoms with E-state index in [1.165, 1.54) is 141 Å². The standard InChI is InChI=1S/C52H98O14/c1-3-5-7-9-11-13-15-17-19-20-21-23-25-27-29-31-33-35-44(54)64-41(38-61-36-34-32-30-28-26-24-22-18-16-14-12-10-8-6-4-2)39-62-51-50(60)48(58)46(56)43(66-51)40-63-52-49(59)47(57)45(55)42(37-53)65-52/h17,19,41-43,45-53,55-60H,3-16,18,20-40H2,1-2H3/b19-17-. The van der Waals surface area contributed by atoms with Crippen molar-refractivity contribution in [2.75, 3.05) is 33.0 Å². The second-order valence-electron chi connectivity index (χ2n) is 19.1. The molecule has 14 heteroatoms. The summed E-state index contributed by atoms with van der Waals surface area (Å²) in [5, 5.41) is 72.1. The molecule has 7 N–H and O–H groups in total. The lowest BCUT2D eigenvalue weighted by Crippen LogP contribution is -2.61. The summed E-state index contributed by atoms with van der Waals surface area (Å²) in [5.41, 5.74) is 0. The van der Waals surface area contributed by atoms with Gasteiger partial charge in [-0.25, -0.2) is 0 Å². The Kier molecular flexibility index (Phi) is 37.3. The molecule has 66 heavy (non-hydrogen) atoms. The van der Waals surface area contributed by atoms with Crippen LogP contribution >= 0.6 is 0 Å². The van der Waals surface area contributed by atoms with E-state index in [0.717, 1.165) is 44.9 Å². The molecule has 0 spiro atoms. The lowest BCUT2D eigenvalue weighted by Gasteiger charge is -2.42. The number of allylic oxidation sites excluding steroid dienone is 2. The molecule has 0 aromatic heterocycles. The lowest BCUT2D eigenvalue weighted by atomic mass is 9.98. The average molecular weight is 947 g/mol. The van der Waals surface area contributed by atoms with Crippen LogP contribution in [0.2, 0.25) is 0 Å². The summed E-state index contributed by atoms with van der Waals surface area (Å²) >= 11 is 0. The second kappa shape index (κ2) is 40.5. The SMILES string of the molecule is CCCCCCCC/C=C\CCCCCCCCCC(=O)OC(COCCCCCCCCCCCCCCCCC)COC1OC(COC2OC(CO)C(O)C(O)C2O)C(O)C(O)C1O. The van der Waals surface area contributed by atoms with Crippen LogP contribution in [-0.2, 0) is 33.2 Å². The zero-order valence-corrected chi connectivity index (χ0v) is 41.4. The van der Waals surface area contributed by atoms with Crippen LogP contribution in [0.15, 0.2) is 12.2 Å². The van der Waals surface area contributed by atoms with Crippen LogP contribution in [0.4, 0.5) is 0 Å². The molecule has 2 heterocycles. The van der Waals surface area contributed by atoms with Crippen LogP contribution in [0.5, 0.6) is 0 Å². The molecule has 2 fully saturated rings. The van der Waals surface area contributed by atoms with Gasteiger partial charge in [-0.3, -0.25) is 4.79 Å². The van der Waals surface area contributed by atoms with Gasteiger partial charge in [0, 0.05) is 13.0 Å². The zero-order chi connectivity index (χ0) is 48.0. The Bertz CT molecular complexity index is 1140. The van der Waals surface area contributed by atoms with Crippen molar-refractivity contribution in [3.05, 3.63) is 12.2 Å². The van der Waals surface area contributed by atoms with E-state index in [1.54, 1.807) is 0 Å². The summed E-state index contributed by atoms with van der Waals surface area (Å²) in [6.45, 7) is 3.72. The van der Waals surface area contributed by atoms with E-state index in [4.69, 9.17) is 28.4 Å².